The Kier molecular flexibility index (Phi) is 6.14. The van der Waals surface area contributed by atoms with Crippen LogP contribution in [0.4, 0.5) is 13.2 Å². The first-order chi connectivity index (χ1) is 9.62. The Bertz CT molecular complexity index is 638. The third-order valence-electron chi connectivity index (χ3n) is 3.25. The highest BCUT2D eigenvalue weighted by Gasteiger charge is 2.35. The fourth-order valence-corrected chi connectivity index (χ4v) is 4.19. The van der Waals surface area contributed by atoms with E-state index in [1.54, 1.807) is 6.92 Å². The minimum atomic E-state index is -4.65. The van der Waals surface area contributed by atoms with Crippen LogP contribution >= 0.6 is 24.0 Å². The van der Waals surface area contributed by atoms with E-state index in [1.165, 1.54) is 4.31 Å². The number of rotatable bonds is 2. The van der Waals surface area contributed by atoms with Crippen LogP contribution in [0.5, 0.6) is 0 Å². The van der Waals surface area contributed by atoms with Gasteiger partial charge < -0.3 is 5.32 Å². The van der Waals surface area contributed by atoms with Crippen molar-refractivity contribution in [2.24, 2.45) is 0 Å². The van der Waals surface area contributed by atoms with Gasteiger partial charge in [-0.05, 0) is 25.1 Å². The van der Waals surface area contributed by atoms with E-state index in [4.69, 9.17) is 11.6 Å². The molecular weight excluding hydrogens is 364 g/mol. The molecule has 1 saturated heterocycles. The van der Waals surface area contributed by atoms with Crippen LogP contribution in [0.2, 0.25) is 5.02 Å². The fraction of sp³-hybridized carbons (Fsp3) is 0.500. The lowest BCUT2D eigenvalue weighted by atomic mass is 10.2. The van der Waals surface area contributed by atoms with Crippen LogP contribution in [0.15, 0.2) is 23.1 Å². The average Bonchev–Trinajstić information content (AvgIpc) is 2.37. The van der Waals surface area contributed by atoms with E-state index in [0.29, 0.717) is 25.2 Å². The van der Waals surface area contributed by atoms with Crippen molar-refractivity contribution in [1.29, 1.82) is 0 Å². The first-order valence-electron chi connectivity index (χ1n) is 6.23. The molecule has 10 heteroatoms. The molecule has 0 saturated carbocycles. The summed E-state index contributed by atoms with van der Waals surface area (Å²) in [5, 5.41) is 2.76. The van der Waals surface area contributed by atoms with E-state index in [0.717, 1.165) is 6.07 Å². The maximum atomic E-state index is 12.8. The standard InChI is InChI=1S/C12H14ClF3N2O2S.ClH/c1-8-7-17-2-3-18(8)21(19,20)11-5-9(12(14,15)16)4-10(13)6-11;/h4-6,8,17H,2-3,7H2,1H3;1H. The Balaban J connectivity index is 0.00000242. The molecule has 0 spiro atoms. The lowest BCUT2D eigenvalue weighted by molar-refractivity contribution is -0.137. The summed E-state index contributed by atoms with van der Waals surface area (Å²) >= 11 is 5.64. The van der Waals surface area contributed by atoms with Gasteiger partial charge in [-0.3, -0.25) is 0 Å². The van der Waals surface area contributed by atoms with Gasteiger partial charge in [0.15, 0.2) is 0 Å². The van der Waals surface area contributed by atoms with Gasteiger partial charge in [0.1, 0.15) is 0 Å². The fourth-order valence-electron chi connectivity index (χ4n) is 2.19. The highest BCUT2D eigenvalue weighted by atomic mass is 35.5. The van der Waals surface area contributed by atoms with Crippen molar-refractivity contribution in [2.45, 2.75) is 24.0 Å². The van der Waals surface area contributed by atoms with Gasteiger partial charge in [-0.25, -0.2) is 8.42 Å². The second-order valence-corrected chi connectivity index (χ2v) is 7.17. The van der Waals surface area contributed by atoms with E-state index in [2.05, 4.69) is 5.32 Å². The van der Waals surface area contributed by atoms with Crippen LogP contribution in [0.25, 0.3) is 0 Å². The van der Waals surface area contributed by atoms with Crippen molar-refractivity contribution in [2.75, 3.05) is 19.6 Å². The van der Waals surface area contributed by atoms with Crippen LogP contribution in [0, 0.1) is 0 Å². The van der Waals surface area contributed by atoms with Crippen LogP contribution in [-0.2, 0) is 16.2 Å². The molecule has 1 heterocycles. The minimum Gasteiger partial charge on any atom is -0.314 e. The summed E-state index contributed by atoms with van der Waals surface area (Å²) in [6.45, 7) is 2.80. The monoisotopic (exact) mass is 378 g/mol. The molecule has 126 valence electrons. The van der Waals surface area contributed by atoms with Crippen molar-refractivity contribution in [1.82, 2.24) is 9.62 Å². The van der Waals surface area contributed by atoms with Crippen LogP contribution in [-0.4, -0.2) is 38.4 Å². The van der Waals surface area contributed by atoms with Crippen molar-refractivity contribution < 1.29 is 21.6 Å². The molecular formula is C12H15Cl2F3N2O2S. The predicted molar refractivity (Wildman–Crippen MR) is 79.9 cm³/mol. The van der Waals surface area contributed by atoms with Crippen LogP contribution in [0.3, 0.4) is 0 Å². The van der Waals surface area contributed by atoms with Gasteiger partial charge in [-0.1, -0.05) is 11.6 Å². The van der Waals surface area contributed by atoms with Gasteiger partial charge in [-0.15, -0.1) is 12.4 Å². The Morgan fingerprint density at radius 1 is 1.32 bits per heavy atom. The lowest BCUT2D eigenvalue weighted by Gasteiger charge is -2.33. The highest BCUT2D eigenvalue weighted by Crippen LogP contribution is 2.34. The van der Waals surface area contributed by atoms with E-state index in [-0.39, 0.29) is 30.0 Å². The molecule has 4 nitrogen and oxygen atoms in total. The zero-order valence-electron chi connectivity index (χ0n) is 11.5. The summed E-state index contributed by atoms with van der Waals surface area (Å²) in [5.74, 6) is 0. The first kappa shape index (κ1) is 19.5. The molecule has 1 unspecified atom stereocenters. The summed E-state index contributed by atoms with van der Waals surface area (Å²) in [7, 11) is -4.01. The Labute approximate surface area is 138 Å². The molecule has 1 aliphatic rings. The van der Waals surface area contributed by atoms with Gasteiger partial charge in [0, 0.05) is 30.7 Å². The SMILES string of the molecule is CC1CNCCN1S(=O)(=O)c1cc(Cl)cc(C(F)(F)F)c1.Cl. The summed E-state index contributed by atoms with van der Waals surface area (Å²) in [6, 6.07) is 2.04. The number of hydrogen-bond donors (Lipinski definition) is 1. The van der Waals surface area contributed by atoms with Gasteiger partial charge in [0.05, 0.1) is 10.5 Å². The lowest BCUT2D eigenvalue weighted by Crippen LogP contribution is -2.52. The second kappa shape index (κ2) is 6.92. The quantitative estimate of drug-likeness (QED) is 0.860. The van der Waals surface area contributed by atoms with Gasteiger partial charge >= 0.3 is 6.18 Å². The van der Waals surface area contributed by atoms with E-state index >= 15 is 0 Å². The number of halogens is 5. The van der Waals surface area contributed by atoms with Crippen LogP contribution in [0.1, 0.15) is 12.5 Å². The molecule has 2 rings (SSSR count). The molecule has 1 aromatic carbocycles. The minimum absolute atomic E-state index is 0. The van der Waals surface area contributed by atoms with E-state index in [9.17, 15) is 21.6 Å². The maximum absolute atomic E-state index is 12.8. The molecule has 1 atom stereocenters. The molecule has 1 fully saturated rings. The largest absolute Gasteiger partial charge is 0.416 e. The number of sulfonamides is 1. The second-order valence-electron chi connectivity index (χ2n) is 4.84. The Morgan fingerprint density at radius 3 is 2.50 bits per heavy atom. The zero-order chi connectivity index (χ0) is 15.8. The number of nitrogens with one attached hydrogen (secondary N) is 1. The van der Waals surface area contributed by atoms with Crippen LogP contribution < -0.4 is 5.32 Å². The molecule has 0 aliphatic carbocycles. The number of nitrogens with zero attached hydrogens (tertiary/aromatic N) is 1. The van der Waals surface area contributed by atoms with E-state index < -0.39 is 26.7 Å². The highest BCUT2D eigenvalue weighted by molar-refractivity contribution is 7.89. The number of benzene rings is 1. The van der Waals surface area contributed by atoms with Crippen molar-refractivity contribution in [3.8, 4) is 0 Å². The molecule has 1 aromatic rings. The zero-order valence-corrected chi connectivity index (χ0v) is 13.9. The molecule has 22 heavy (non-hydrogen) atoms. The number of piperazine rings is 1. The van der Waals surface area contributed by atoms with Crippen molar-refractivity contribution in [3.05, 3.63) is 28.8 Å². The predicted octanol–water partition coefficient (Wildman–Crippen LogP) is 2.76. The first-order valence-corrected chi connectivity index (χ1v) is 8.04. The average molecular weight is 379 g/mol. The number of alkyl halides is 3. The normalized spacial score (nSPS) is 20.5. The maximum Gasteiger partial charge on any atom is 0.416 e. The summed E-state index contributed by atoms with van der Waals surface area (Å²) < 4.78 is 64.5. The summed E-state index contributed by atoms with van der Waals surface area (Å²) in [5.41, 5.74) is -1.07. The molecule has 0 radical (unpaired) electrons. The summed E-state index contributed by atoms with van der Waals surface area (Å²) in [6.07, 6.45) is -4.65. The third kappa shape index (κ3) is 4.05. The molecule has 1 aliphatic heterocycles. The summed E-state index contributed by atoms with van der Waals surface area (Å²) in [4.78, 5) is -0.434. The Morgan fingerprint density at radius 2 is 1.95 bits per heavy atom. The number of hydrogen-bond acceptors (Lipinski definition) is 3. The van der Waals surface area contributed by atoms with Gasteiger partial charge in [0.25, 0.3) is 0 Å². The third-order valence-corrected chi connectivity index (χ3v) is 5.46. The molecule has 0 bridgehead atoms. The Hall–Kier alpha value is -0.540. The van der Waals surface area contributed by atoms with Gasteiger partial charge in [-0.2, -0.15) is 17.5 Å². The van der Waals surface area contributed by atoms with Gasteiger partial charge in [0.2, 0.25) is 10.0 Å². The molecule has 0 amide bonds. The molecule has 1 N–H and O–H groups in total. The van der Waals surface area contributed by atoms with Crippen molar-refractivity contribution >= 4 is 34.0 Å². The van der Waals surface area contributed by atoms with Crippen molar-refractivity contribution in [3.63, 3.8) is 0 Å². The smallest absolute Gasteiger partial charge is 0.314 e. The van der Waals surface area contributed by atoms with E-state index in [1.807, 2.05) is 0 Å². The topological polar surface area (TPSA) is 49.4 Å². The molecule has 0 aromatic heterocycles.